The zero-order valence-corrected chi connectivity index (χ0v) is 13.4. The molecule has 6 heteroatoms. The van der Waals surface area contributed by atoms with Gasteiger partial charge in [0, 0.05) is 11.9 Å². The second kappa shape index (κ2) is 5.95. The van der Waals surface area contributed by atoms with Crippen molar-refractivity contribution in [2.75, 3.05) is 11.8 Å². The summed E-state index contributed by atoms with van der Waals surface area (Å²) in [6, 6.07) is 5.49. The monoisotopic (exact) mass is 310 g/mol. The van der Waals surface area contributed by atoms with Crippen molar-refractivity contribution in [3.05, 3.63) is 45.6 Å². The third-order valence-electron chi connectivity index (χ3n) is 3.12. The minimum atomic E-state index is -3.55. The molecule has 0 saturated carbocycles. The highest BCUT2D eigenvalue weighted by Gasteiger charge is 2.19. The summed E-state index contributed by atoms with van der Waals surface area (Å²) in [6.07, 6.45) is 0. The molecule has 0 unspecified atom stereocenters. The van der Waals surface area contributed by atoms with Gasteiger partial charge < -0.3 is 5.32 Å². The third kappa shape index (κ3) is 3.20. The lowest BCUT2D eigenvalue weighted by Gasteiger charge is -2.13. The summed E-state index contributed by atoms with van der Waals surface area (Å²) >= 11 is 1.46. The van der Waals surface area contributed by atoms with Crippen LogP contribution >= 0.6 is 11.3 Å². The first-order valence-electron chi connectivity index (χ1n) is 6.24. The summed E-state index contributed by atoms with van der Waals surface area (Å²) < 4.78 is 27.6. The van der Waals surface area contributed by atoms with E-state index in [1.165, 1.54) is 11.3 Å². The Kier molecular flexibility index (Phi) is 4.47. The predicted octanol–water partition coefficient (Wildman–Crippen LogP) is 2.89. The molecule has 2 rings (SSSR count). The first-order valence-corrected chi connectivity index (χ1v) is 8.66. The average Bonchev–Trinajstić information content (AvgIpc) is 2.85. The lowest BCUT2D eigenvalue weighted by Crippen LogP contribution is -2.16. The highest BCUT2D eigenvalue weighted by Crippen LogP contribution is 2.24. The number of anilines is 1. The van der Waals surface area contributed by atoms with E-state index in [0.717, 1.165) is 16.7 Å². The molecule has 108 valence electrons. The predicted molar refractivity (Wildman–Crippen MR) is 83.8 cm³/mol. The summed E-state index contributed by atoms with van der Waals surface area (Å²) in [6.45, 7) is 4.40. The van der Waals surface area contributed by atoms with Crippen LogP contribution in [-0.4, -0.2) is 15.5 Å². The fourth-order valence-electron chi connectivity index (χ4n) is 2.02. The van der Waals surface area contributed by atoms with Crippen molar-refractivity contribution < 1.29 is 8.42 Å². The second-order valence-electron chi connectivity index (χ2n) is 4.68. The van der Waals surface area contributed by atoms with Crippen molar-refractivity contribution in [3.63, 3.8) is 0 Å². The molecular formula is C14H18N2O2S2. The lowest BCUT2D eigenvalue weighted by atomic mass is 10.1. The second-order valence-corrected chi connectivity index (χ2v) is 7.11. The lowest BCUT2D eigenvalue weighted by molar-refractivity contribution is 0.600. The molecule has 0 atom stereocenters. The number of sulfonamides is 1. The molecule has 0 spiro atoms. The Hall–Kier alpha value is -1.37. The zero-order chi connectivity index (χ0) is 14.8. The molecular weight excluding hydrogens is 292 g/mol. The van der Waals surface area contributed by atoms with Crippen molar-refractivity contribution in [1.82, 2.24) is 5.32 Å². The summed E-state index contributed by atoms with van der Waals surface area (Å²) in [7, 11) is -1.71. The average molecular weight is 310 g/mol. The number of hydrogen-bond acceptors (Lipinski definition) is 4. The van der Waals surface area contributed by atoms with Crippen LogP contribution in [0.3, 0.4) is 0 Å². The van der Waals surface area contributed by atoms with Gasteiger partial charge in [0.25, 0.3) is 10.0 Å². The maximum atomic E-state index is 12.5. The molecule has 4 nitrogen and oxygen atoms in total. The normalized spacial score (nSPS) is 11.6. The topological polar surface area (TPSA) is 58.2 Å². The minimum Gasteiger partial charge on any atom is -0.316 e. The van der Waals surface area contributed by atoms with Gasteiger partial charge in [0.15, 0.2) is 0 Å². The van der Waals surface area contributed by atoms with Crippen LogP contribution in [0.5, 0.6) is 0 Å². The molecule has 20 heavy (non-hydrogen) atoms. The summed E-state index contributed by atoms with van der Waals surface area (Å²) in [4.78, 5) is 0.342. The van der Waals surface area contributed by atoms with Crippen molar-refractivity contribution >= 4 is 27.0 Å². The standard InChI is InChI=1S/C14H18N2O2S2/c1-10-6-12(8-15-3)7-14(11(10)2)20(17,18)16-13-4-5-19-9-13/h4-7,9,15-16H,8H2,1-3H3. The van der Waals surface area contributed by atoms with Gasteiger partial charge in [-0.15, -0.1) is 0 Å². The Morgan fingerprint density at radius 1 is 1.25 bits per heavy atom. The maximum absolute atomic E-state index is 12.5. The van der Waals surface area contributed by atoms with Crippen LogP contribution in [0.1, 0.15) is 16.7 Å². The van der Waals surface area contributed by atoms with Gasteiger partial charge in [-0.1, -0.05) is 6.07 Å². The van der Waals surface area contributed by atoms with Crippen LogP contribution in [0.15, 0.2) is 33.9 Å². The highest BCUT2D eigenvalue weighted by molar-refractivity contribution is 7.92. The van der Waals surface area contributed by atoms with E-state index in [1.807, 2.05) is 32.3 Å². The largest absolute Gasteiger partial charge is 0.316 e. The van der Waals surface area contributed by atoms with E-state index in [0.29, 0.717) is 17.1 Å². The van der Waals surface area contributed by atoms with Crippen molar-refractivity contribution in [3.8, 4) is 0 Å². The number of thiophene rings is 1. The Morgan fingerprint density at radius 3 is 2.60 bits per heavy atom. The zero-order valence-electron chi connectivity index (χ0n) is 11.7. The minimum absolute atomic E-state index is 0.342. The molecule has 0 amide bonds. The van der Waals surface area contributed by atoms with Gasteiger partial charge in [-0.05, 0) is 55.1 Å². The Balaban J connectivity index is 2.44. The highest BCUT2D eigenvalue weighted by atomic mass is 32.2. The number of aryl methyl sites for hydroxylation is 1. The van der Waals surface area contributed by atoms with Crippen molar-refractivity contribution in [1.29, 1.82) is 0 Å². The van der Waals surface area contributed by atoms with Gasteiger partial charge in [-0.2, -0.15) is 11.3 Å². The maximum Gasteiger partial charge on any atom is 0.262 e. The molecule has 0 saturated heterocycles. The van der Waals surface area contributed by atoms with Gasteiger partial charge in [0.1, 0.15) is 0 Å². The van der Waals surface area contributed by atoms with Crippen LogP contribution in [0.2, 0.25) is 0 Å². The van der Waals surface area contributed by atoms with Gasteiger partial charge >= 0.3 is 0 Å². The fourth-order valence-corrected chi connectivity index (χ4v) is 4.10. The van der Waals surface area contributed by atoms with Crippen LogP contribution in [0.25, 0.3) is 0 Å². The SMILES string of the molecule is CNCc1cc(C)c(C)c(S(=O)(=O)Nc2ccsc2)c1. The molecule has 1 aromatic heterocycles. The van der Waals surface area contributed by atoms with E-state index >= 15 is 0 Å². The number of nitrogens with one attached hydrogen (secondary N) is 2. The Bertz CT molecular complexity index is 692. The molecule has 2 aromatic rings. The summed E-state index contributed by atoms with van der Waals surface area (Å²) in [5, 5.41) is 6.66. The van der Waals surface area contributed by atoms with E-state index in [-0.39, 0.29) is 0 Å². The molecule has 0 bridgehead atoms. The van der Waals surface area contributed by atoms with Gasteiger partial charge in [-0.25, -0.2) is 8.42 Å². The quantitative estimate of drug-likeness (QED) is 0.893. The molecule has 0 radical (unpaired) electrons. The van der Waals surface area contributed by atoms with Crippen LogP contribution < -0.4 is 10.0 Å². The van der Waals surface area contributed by atoms with Crippen LogP contribution in [0.4, 0.5) is 5.69 Å². The first kappa shape index (κ1) is 15.0. The Labute approximate surface area is 123 Å². The fraction of sp³-hybridized carbons (Fsp3) is 0.286. The number of rotatable bonds is 5. The van der Waals surface area contributed by atoms with Crippen LogP contribution in [0, 0.1) is 13.8 Å². The third-order valence-corrected chi connectivity index (χ3v) is 5.31. The number of hydrogen-bond donors (Lipinski definition) is 2. The molecule has 0 aliphatic heterocycles. The molecule has 0 aliphatic carbocycles. The van der Waals surface area contributed by atoms with Crippen LogP contribution in [-0.2, 0) is 16.6 Å². The smallest absolute Gasteiger partial charge is 0.262 e. The van der Waals surface area contributed by atoms with Crippen molar-refractivity contribution in [2.24, 2.45) is 0 Å². The molecule has 0 fully saturated rings. The molecule has 1 aromatic carbocycles. The van der Waals surface area contributed by atoms with Gasteiger partial charge in [0.2, 0.25) is 0 Å². The van der Waals surface area contributed by atoms with E-state index in [9.17, 15) is 8.42 Å². The first-order chi connectivity index (χ1) is 9.44. The van der Waals surface area contributed by atoms with E-state index in [2.05, 4.69) is 10.0 Å². The summed E-state index contributed by atoms with van der Waals surface area (Å²) in [5.41, 5.74) is 3.32. The van der Waals surface area contributed by atoms with Crippen molar-refractivity contribution in [2.45, 2.75) is 25.3 Å². The van der Waals surface area contributed by atoms with Gasteiger partial charge in [-0.3, -0.25) is 4.72 Å². The Morgan fingerprint density at radius 2 is 2.00 bits per heavy atom. The van der Waals surface area contributed by atoms with E-state index < -0.39 is 10.0 Å². The van der Waals surface area contributed by atoms with E-state index in [4.69, 9.17) is 0 Å². The molecule has 0 aliphatic rings. The number of benzene rings is 1. The van der Waals surface area contributed by atoms with E-state index in [1.54, 1.807) is 17.5 Å². The summed E-state index contributed by atoms with van der Waals surface area (Å²) in [5.74, 6) is 0. The molecule has 2 N–H and O–H groups in total. The molecule has 1 heterocycles. The van der Waals surface area contributed by atoms with Gasteiger partial charge in [0.05, 0.1) is 10.6 Å².